The molecule has 0 atom stereocenters. The molecule has 80 valence electrons. The van der Waals surface area contributed by atoms with Crippen molar-refractivity contribution in [2.75, 3.05) is 0 Å². The zero-order valence-electron chi connectivity index (χ0n) is 9.16. The molecule has 1 N–H and O–H groups in total. The van der Waals surface area contributed by atoms with Crippen molar-refractivity contribution in [1.82, 2.24) is 0 Å². The van der Waals surface area contributed by atoms with Crippen molar-refractivity contribution in [3.8, 4) is 0 Å². The van der Waals surface area contributed by atoms with Gasteiger partial charge in [0.15, 0.2) is 0 Å². The Morgan fingerprint density at radius 1 is 1.33 bits per heavy atom. The highest BCUT2D eigenvalue weighted by molar-refractivity contribution is 5.82. The summed E-state index contributed by atoms with van der Waals surface area (Å²) in [6.07, 6.45) is 0.00102. The first-order chi connectivity index (χ1) is 7.00. The minimum absolute atomic E-state index is 0.00102. The molecule has 2 nitrogen and oxygen atoms in total. The Kier molecular flexibility index (Phi) is 3.67. The van der Waals surface area contributed by atoms with Crippen LogP contribution < -0.4 is 0 Å². The highest BCUT2D eigenvalue weighted by Gasteiger charge is 2.05. The molecule has 0 fully saturated rings. The lowest BCUT2D eigenvalue weighted by atomic mass is 9.98. The summed E-state index contributed by atoms with van der Waals surface area (Å²) >= 11 is 0. The van der Waals surface area contributed by atoms with Gasteiger partial charge in [-0.3, -0.25) is 4.79 Å². The average Bonchev–Trinajstić information content (AvgIpc) is 2.17. The van der Waals surface area contributed by atoms with Gasteiger partial charge in [0.25, 0.3) is 0 Å². The molecule has 0 aromatic heterocycles. The van der Waals surface area contributed by atoms with Crippen molar-refractivity contribution in [2.45, 2.75) is 26.2 Å². The second-order valence-electron chi connectivity index (χ2n) is 3.95. The fraction of sp³-hybridized carbons (Fsp3) is 0.308. The maximum atomic E-state index is 10.5. The smallest absolute Gasteiger partial charge is 0.307 e. The van der Waals surface area contributed by atoms with E-state index in [0.717, 1.165) is 5.56 Å². The quantitative estimate of drug-likeness (QED) is 0.817. The van der Waals surface area contributed by atoms with Crippen LogP contribution in [0.4, 0.5) is 0 Å². The van der Waals surface area contributed by atoms with E-state index in [1.165, 1.54) is 5.56 Å². The SMILES string of the molecule is C=C(CC(=O)O)c1ccc(C(C)C)cc1. The molecule has 0 unspecified atom stereocenters. The Hall–Kier alpha value is -1.57. The molecule has 0 aliphatic rings. The normalized spacial score (nSPS) is 10.3. The first-order valence-corrected chi connectivity index (χ1v) is 5.00. The molecule has 0 spiro atoms. The third-order valence-corrected chi connectivity index (χ3v) is 2.35. The van der Waals surface area contributed by atoms with Crippen LogP contribution in [0.15, 0.2) is 30.8 Å². The summed E-state index contributed by atoms with van der Waals surface area (Å²) in [6, 6.07) is 7.90. The van der Waals surface area contributed by atoms with E-state index in [9.17, 15) is 4.79 Å². The topological polar surface area (TPSA) is 37.3 Å². The molecule has 2 heteroatoms. The zero-order chi connectivity index (χ0) is 11.4. The van der Waals surface area contributed by atoms with Crippen LogP contribution in [-0.4, -0.2) is 11.1 Å². The zero-order valence-corrected chi connectivity index (χ0v) is 9.16. The lowest BCUT2D eigenvalue weighted by Gasteiger charge is -2.07. The van der Waals surface area contributed by atoms with Gasteiger partial charge in [0, 0.05) is 0 Å². The molecule has 0 bridgehead atoms. The van der Waals surface area contributed by atoms with Gasteiger partial charge in [-0.2, -0.15) is 0 Å². The minimum Gasteiger partial charge on any atom is -0.481 e. The van der Waals surface area contributed by atoms with Crippen LogP contribution in [0.5, 0.6) is 0 Å². The Bertz CT molecular complexity index is 361. The highest BCUT2D eigenvalue weighted by atomic mass is 16.4. The molecule has 1 aromatic carbocycles. The van der Waals surface area contributed by atoms with Crippen molar-refractivity contribution >= 4 is 11.5 Å². The third kappa shape index (κ3) is 3.24. The van der Waals surface area contributed by atoms with Gasteiger partial charge in [-0.15, -0.1) is 0 Å². The lowest BCUT2D eigenvalue weighted by Crippen LogP contribution is -1.96. The van der Waals surface area contributed by atoms with Crippen LogP contribution in [0.1, 0.15) is 37.3 Å². The van der Waals surface area contributed by atoms with Crippen molar-refractivity contribution < 1.29 is 9.90 Å². The number of carbonyl (C=O) groups is 1. The van der Waals surface area contributed by atoms with Crippen LogP contribution in [0.3, 0.4) is 0 Å². The van der Waals surface area contributed by atoms with Gasteiger partial charge >= 0.3 is 5.97 Å². The van der Waals surface area contributed by atoms with Gasteiger partial charge in [0.05, 0.1) is 6.42 Å². The highest BCUT2D eigenvalue weighted by Crippen LogP contribution is 2.20. The number of benzene rings is 1. The Morgan fingerprint density at radius 3 is 2.27 bits per heavy atom. The number of hydrogen-bond acceptors (Lipinski definition) is 1. The van der Waals surface area contributed by atoms with Gasteiger partial charge in [-0.05, 0) is 22.6 Å². The summed E-state index contributed by atoms with van der Waals surface area (Å²) in [7, 11) is 0. The first-order valence-electron chi connectivity index (χ1n) is 5.00. The van der Waals surface area contributed by atoms with Crippen molar-refractivity contribution in [3.63, 3.8) is 0 Å². The first kappa shape index (κ1) is 11.5. The van der Waals surface area contributed by atoms with Crippen LogP contribution >= 0.6 is 0 Å². The van der Waals surface area contributed by atoms with Crippen molar-refractivity contribution in [3.05, 3.63) is 42.0 Å². The number of hydrogen-bond donors (Lipinski definition) is 1. The number of rotatable bonds is 4. The van der Waals surface area contributed by atoms with E-state index < -0.39 is 5.97 Å². The summed E-state index contributed by atoms with van der Waals surface area (Å²) in [5, 5.41) is 8.63. The average molecular weight is 204 g/mol. The standard InChI is InChI=1S/C13H16O2/c1-9(2)11-4-6-12(7-5-11)10(3)8-13(14)15/h4-7,9H,3,8H2,1-2H3,(H,14,15). The molecular weight excluding hydrogens is 188 g/mol. The lowest BCUT2D eigenvalue weighted by molar-refractivity contribution is -0.135. The maximum absolute atomic E-state index is 10.5. The van der Waals surface area contributed by atoms with E-state index in [1.54, 1.807) is 0 Å². The van der Waals surface area contributed by atoms with E-state index >= 15 is 0 Å². The number of carboxylic acids is 1. The van der Waals surface area contributed by atoms with Gasteiger partial charge in [0.1, 0.15) is 0 Å². The third-order valence-electron chi connectivity index (χ3n) is 2.35. The van der Waals surface area contributed by atoms with Gasteiger partial charge in [-0.1, -0.05) is 44.7 Å². The Morgan fingerprint density at radius 2 is 1.87 bits per heavy atom. The summed E-state index contributed by atoms with van der Waals surface area (Å²) in [5.74, 6) is -0.347. The molecular formula is C13H16O2. The fourth-order valence-electron chi connectivity index (χ4n) is 1.39. The molecule has 1 rings (SSSR count). The van der Waals surface area contributed by atoms with Crippen LogP contribution in [0, 0.1) is 0 Å². The molecule has 0 radical (unpaired) electrons. The van der Waals surface area contributed by atoms with E-state index in [0.29, 0.717) is 11.5 Å². The Labute approximate surface area is 90.3 Å². The second kappa shape index (κ2) is 4.78. The van der Waals surface area contributed by atoms with Crippen molar-refractivity contribution in [1.29, 1.82) is 0 Å². The van der Waals surface area contributed by atoms with Crippen LogP contribution in [-0.2, 0) is 4.79 Å². The summed E-state index contributed by atoms with van der Waals surface area (Å²) < 4.78 is 0. The van der Waals surface area contributed by atoms with E-state index in [4.69, 9.17) is 5.11 Å². The van der Waals surface area contributed by atoms with Gasteiger partial charge in [-0.25, -0.2) is 0 Å². The predicted molar refractivity (Wildman–Crippen MR) is 61.8 cm³/mol. The van der Waals surface area contributed by atoms with Gasteiger partial charge in [0.2, 0.25) is 0 Å². The Balaban J connectivity index is 2.80. The van der Waals surface area contributed by atoms with Gasteiger partial charge < -0.3 is 5.11 Å². The molecule has 1 aromatic rings. The predicted octanol–water partition coefficient (Wildman–Crippen LogP) is 3.30. The summed E-state index contributed by atoms with van der Waals surface area (Å²) in [6.45, 7) is 8.01. The maximum Gasteiger partial charge on any atom is 0.307 e. The molecule has 0 aliphatic carbocycles. The molecule has 0 aliphatic heterocycles. The van der Waals surface area contributed by atoms with E-state index in [1.807, 2.05) is 24.3 Å². The number of carboxylic acid groups (broad SMARTS) is 1. The van der Waals surface area contributed by atoms with Crippen molar-refractivity contribution in [2.24, 2.45) is 0 Å². The molecule has 0 amide bonds. The molecule has 15 heavy (non-hydrogen) atoms. The van der Waals surface area contributed by atoms with Crippen LogP contribution in [0.2, 0.25) is 0 Å². The molecule has 0 saturated carbocycles. The van der Waals surface area contributed by atoms with Crippen LogP contribution in [0.25, 0.3) is 5.57 Å². The summed E-state index contributed by atoms with van der Waals surface area (Å²) in [5.41, 5.74) is 2.81. The van der Waals surface area contributed by atoms with E-state index in [2.05, 4.69) is 20.4 Å². The van der Waals surface area contributed by atoms with E-state index in [-0.39, 0.29) is 6.42 Å². The molecule has 0 saturated heterocycles. The second-order valence-corrected chi connectivity index (χ2v) is 3.95. The largest absolute Gasteiger partial charge is 0.481 e. The monoisotopic (exact) mass is 204 g/mol. The number of aliphatic carboxylic acids is 1. The molecule has 0 heterocycles. The summed E-state index contributed by atoms with van der Waals surface area (Å²) in [4.78, 5) is 10.5. The fourth-order valence-corrected chi connectivity index (χ4v) is 1.39. The minimum atomic E-state index is -0.840.